The molecule has 2 heteroatoms. The maximum Gasteiger partial charge on any atom is 0.0534 e. The fraction of sp³-hybridized carbons (Fsp3) is 0.389. The van der Waals surface area contributed by atoms with E-state index in [1.807, 2.05) is 12.4 Å². The number of benzene rings is 1. The molecular weight excluding hydrogens is 244 g/mol. The topological polar surface area (TPSA) is 24.9 Å². The zero-order valence-corrected chi connectivity index (χ0v) is 13.1. The molecule has 1 aromatic carbocycles. The van der Waals surface area contributed by atoms with Crippen LogP contribution in [0, 0.1) is 6.92 Å². The van der Waals surface area contributed by atoms with Crippen LogP contribution in [0.15, 0.2) is 42.7 Å². The number of hydrogen-bond donors (Lipinski definition) is 1. The number of anilines is 1. The van der Waals surface area contributed by atoms with Gasteiger partial charge in [-0.2, -0.15) is 0 Å². The molecule has 0 saturated heterocycles. The lowest BCUT2D eigenvalue weighted by Crippen LogP contribution is -2.12. The van der Waals surface area contributed by atoms with Gasteiger partial charge in [0.1, 0.15) is 0 Å². The zero-order chi connectivity index (χ0) is 14.8. The molecule has 2 aromatic rings. The molecule has 1 N–H and O–H groups in total. The van der Waals surface area contributed by atoms with Crippen LogP contribution < -0.4 is 5.32 Å². The van der Waals surface area contributed by atoms with E-state index in [4.69, 9.17) is 0 Å². The summed E-state index contributed by atoms with van der Waals surface area (Å²) >= 11 is 0. The SMILES string of the molecule is Cc1cncc(NC(C)c2ccc(C(C)(C)C)cc2)c1. The summed E-state index contributed by atoms with van der Waals surface area (Å²) in [5.74, 6) is 0. The highest BCUT2D eigenvalue weighted by atomic mass is 14.9. The lowest BCUT2D eigenvalue weighted by molar-refractivity contribution is 0.589. The molecule has 1 unspecified atom stereocenters. The van der Waals surface area contributed by atoms with Crippen molar-refractivity contribution in [3.63, 3.8) is 0 Å². The molecule has 106 valence electrons. The minimum atomic E-state index is 0.204. The summed E-state index contributed by atoms with van der Waals surface area (Å²) < 4.78 is 0. The van der Waals surface area contributed by atoms with E-state index in [0.29, 0.717) is 0 Å². The molecule has 1 atom stereocenters. The Labute approximate surface area is 122 Å². The van der Waals surface area contributed by atoms with Gasteiger partial charge >= 0.3 is 0 Å². The largest absolute Gasteiger partial charge is 0.377 e. The Kier molecular flexibility index (Phi) is 4.12. The van der Waals surface area contributed by atoms with E-state index in [-0.39, 0.29) is 11.5 Å². The molecule has 0 fully saturated rings. The number of hydrogen-bond acceptors (Lipinski definition) is 2. The molecule has 0 spiro atoms. The van der Waals surface area contributed by atoms with E-state index in [2.05, 4.69) is 75.3 Å². The van der Waals surface area contributed by atoms with Gasteiger partial charge in [-0.05, 0) is 42.0 Å². The summed E-state index contributed by atoms with van der Waals surface area (Å²) in [6.45, 7) is 10.9. The van der Waals surface area contributed by atoms with E-state index in [9.17, 15) is 0 Å². The van der Waals surface area contributed by atoms with E-state index in [1.54, 1.807) is 0 Å². The van der Waals surface area contributed by atoms with Crippen molar-refractivity contribution in [3.05, 3.63) is 59.4 Å². The number of aryl methyl sites for hydroxylation is 1. The molecule has 20 heavy (non-hydrogen) atoms. The van der Waals surface area contributed by atoms with Crippen molar-refractivity contribution >= 4 is 5.69 Å². The van der Waals surface area contributed by atoms with Gasteiger partial charge in [0.2, 0.25) is 0 Å². The lowest BCUT2D eigenvalue weighted by atomic mass is 9.86. The predicted molar refractivity (Wildman–Crippen MR) is 86.2 cm³/mol. The summed E-state index contributed by atoms with van der Waals surface area (Å²) in [6, 6.07) is 11.3. The van der Waals surface area contributed by atoms with Crippen LogP contribution in [0.25, 0.3) is 0 Å². The van der Waals surface area contributed by atoms with Crippen LogP contribution in [0.5, 0.6) is 0 Å². The molecule has 2 rings (SSSR count). The average molecular weight is 268 g/mol. The first-order chi connectivity index (χ1) is 9.36. The normalized spacial score (nSPS) is 13.1. The number of rotatable bonds is 3. The maximum absolute atomic E-state index is 4.21. The van der Waals surface area contributed by atoms with Crippen LogP contribution in [0.3, 0.4) is 0 Å². The monoisotopic (exact) mass is 268 g/mol. The Morgan fingerprint density at radius 3 is 2.25 bits per heavy atom. The van der Waals surface area contributed by atoms with Crippen LogP contribution in [0.4, 0.5) is 5.69 Å². The van der Waals surface area contributed by atoms with E-state index >= 15 is 0 Å². The molecule has 0 bridgehead atoms. The third kappa shape index (κ3) is 3.60. The van der Waals surface area contributed by atoms with Crippen molar-refractivity contribution in [1.29, 1.82) is 0 Å². The van der Waals surface area contributed by atoms with Gasteiger partial charge in [0.15, 0.2) is 0 Å². The van der Waals surface area contributed by atoms with Gasteiger partial charge in [0.05, 0.1) is 5.69 Å². The first kappa shape index (κ1) is 14.6. The summed E-state index contributed by atoms with van der Waals surface area (Å²) in [4.78, 5) is 4.21. The second-order valence-electron chi connectivity index (χ2n) is 6.49. The van der Waals surface area contributed by atoms with Crippen molar-refractivity contribution < 1.29 is 0 Å². The highest BCUT2D eigenvalue weighted by molar-refractivity contribution is 5.45. The smallest absolute Gasteiger partial charge is 0.0534 e. The molecule has 0 radical (unpaired) electrons. The number of nitrogens with zero attached hydrogens (tertiary/aromatic N) is 1. The number of pyridine rings is 1. The van der Waals surface area contributed by atoms with Gasteiger partial charge in [0.25, 0.3) is 0 Å². The van der Waals surface area contributed by atoms with Crippen LogP contribution in [0.1, 0.15) is 50.4 Å². The summed E-state index contributed by atoms with van der Waals surface area (Å²) in [7, 11) is 0. The standard InChI is InChI=1S/C18H24N2/c1-13-10-17(12-19-11-13)20-14(2)15-6-8-16(9-7-15)18(3,4)5/h6-12,14,20H,1-5H3. The van der Waals surface area contributed by atoms with Crippen LogP contribution in [-0.2, 0) is 5.41 Å². The van der Waals surface area contributed by atoms with Gasteiger partial charge in [-0.15, -0.1) is 0 Å². The first-order valence-corrected chi connectivity index (χ1v) is 7.15. The van der Waals surface area contributed by atoms with Crippen molar-refractivity contribution in [2.75, 3.05) is 5.32 Å². The third-order valence-electron chi connectivity index (χ3n) is 3.53. The molecule has 0 aliphatic rings. The van der Waals surface area contributed by atoms with Gasteiger partial charge in [-0.25, -0.2) is 0 Å². The highest BCUT2D eigenvalue weighted by Crippen LogP contribution is 2.25. The van der Waals surface area contributed by atoms with Crippen molar-refractivity contribution in [3.8, 4) is 0 Å². The number of nitrogens with one attached hydrogen (secondary N) is 1. The molecule has 1 heterocycles. The second-order valence-corrected chi connectivity index (χ2v) is 6.49. The Hall–Kier alpha value is -1.83. The van der Waals surface area contributed by atoms with Crippen LogP contribution in [-0.4, -0.2) is 4.98 Å². The lowest BCUT2D eigenvalue weighted by Gasteiger charge is -2.21. The third-order valence-corrected chi connectivity index (χ3v) is 3.53. The van der Waals surface area contributed by atoms with Crippen molar-refractivity contribution in [1.82, 2.24) is 4.98 Å². The molecule has 0 aliphatic carbocycles. The molecule has 0 saturated carbocycles. The fourth-order valence-electron chi connectivity index (χ4n) is 2.24. The summed E-state index contributed by atoms with van der Waals surface area (Å²) in [6.07, 6.45) is 3.74. The van der Waals surface area contributed by atoms with E-state index < -0.39 is 0 Å². The minimum Gasteiger partial charge on any atom is -0.377 e. The van der Waals surface area contributed by atoms with Crippen molar-refractivity contribution in [2.24, 2.45) is 0 Å². The van der Waals surface area contributed by atoms with E-state index in [0.717, 1.165) is 5.69 Å². The van der Waals surface area contributed by atoms with Gasteiger partial charge in [0, 0.05) is 18.4 Å². The zero-order valence-electron chi connectivity index (χ0n) is 13.1. The Bertz CT molecular complexity index is 565. The Balaban J connectivity index is 2.11. The molecular formula is C18H24N2. The predicted octanol–water partition coefficient (Wildman–Crippen LogP) is 4.86. The van der Waals surface area contributed by atoms with Crippen LogP contribution in [0.2, 0.25) is 0 Å². The molecule has 1 aromatic heterocycles. The van der Waals surface area contributed by atoms with Gasteiger partial charge in [-0.1, -0.05) is 45.0 Å². The fourth-order valence-corrected chi connectivity index (χ4v) is 2.24. The van der Waals surface area contributed by atoms with E-state index in [1.165, 1.54) is 16.7 Å². The Morgan fingerprint density at radius 1 is 1.05 bits per heavy atom. The Morgan fingerprint density at radius 2 is 1.70 bits per heavy atom. The quantitative estimate of drug-likeness (QED) is 0.859. The summed E-state index contributed by atoms with van der Waals surface area (Å²) in [5, 5.41) is 3.49. The first-order valence-electron chi connectivity index (χ1n) is 7.15. The van der Waals surface area contributed by atoms with Crippen molar-refractivity contribution in [2.45, 2.75) is 46.1 Å². The minimum absolute atomic E-state index is 0.204. The highest BCUT2D eigenvalue weighted by Gasteiger charge is 2.14. The maximum atomic E-state index is 4.21. The van der Waals surface area contributed by atoms with Gasteiger partial charge in [-0.3, -0.25) is 4.98 Å². The second kappa shape index (κ2) is 5.66. The van der Waals surface area contributed by atoms with Crippen LogP contribution >= 0.6 is 0 Å². The molecule has 2 nitrogen and oxygen atoms in total. The molecule has 0 aliphatic heterocycles. The average Bonchev–Trinajstić information content (AvgIpc) is 2.38. The summed E-state index contributed by atoms with van der Waals surface area (Å²) in [5.41, 5.74) is 5.10. The number of aromatic nitrogens is 1. The van der Waals surface area contributed by atoms with Gasteiger partial charge < -0.3 is 5.32 Å². The molecule has 0 amide bonds.